The second kappa shape index (κ2) is 6.26. The third-order valence-electron chi connectivity index (χ3n) is 3.35. The molecule has 0 aliphatic heterocycles. The van der Waals surface area contributed by atoms with Gasteiger partial charge in [0.05, 0.1) is 5.92 Å². The molecule has 0 spiro atoms. The molecular weight excluding hydrogens is 268 g/mol. The van der Waals surface area contributed by atoms with Gasteiger partial charge in [0, 0.05) is 18.9 Å². The summed E-state index contributed by atoms with van der Waals surface area (Å²) < 4.78 is 1.75. The summed E-state index contributed by atoms with van der Waals surface area (Å²) in [5.74, 6) is -1.40. The minimum atomic E-state index is -0.809. The summed E-state index contributed by atoms with van der Waals surface area (Å²) in [6.45, 7) is 1.67. The number of hydrogen-bond acceptors (Lipinski definition) is 2. The van der Waals surface area contributed by atoms with E-state index in [0.29, 0.717) is 17.8 Å². The summed E-state index contributed by atoms with van der Waals surface area (Å²) in [7, 11) is 1.81. The molecule has 0 aliphatic rings. The lowest BCUT2D eigenvalue weighted by atomic mass is 10.0. The fraction of sp³-hybridized carbons (Fsp3) is 0.250. The van der Waals surface area contributed by atoms with E-state index in [1.54, 1.807) is 29.7 Å². The van der Waals surface area contributed by atoms with E-state index in [4.69, 9.17) is 5.11 Å². The summed E-state index contributed by atoms with van der Waals surface area (Å²) >= 11 is 0. The average molecular weight is 286 g/mol. The van der Waals surface area contributed by atoms with E-state index in [9.17, 15) is 9.59 Å². The summed E-state index contributed by atoms with van der Waals surface area (Å²) in [6.07, 6.45) is 2.28. The largest absolute Gasteiger partial charge is 0.481 e. The molecule has 2 rings (SSSR count). The molecule has 1 heterocycles. The minimum Gasteiger partial charge on any atom is -0.481 e. The first kappa shape index (κ1) is 14.8. The quantitative estimate of drug-likeness (QED) is 0.887. The van der Waals surface area contributed by atoms with Gasteiger partial charge in [-0.05, 0) is 36.2 Å². The average Bonchev–Trinajstić information content (AvgIpc) is 2.87. The van der Waals surface area contributed by atoms with Gasteiger partial charge in [-0.2, -0.15) is 0 Å². The fourth-order valence-corrected chi connectivity index (χ4v) is 2.06. The lowest BCUT2D eigenvalue weighted by Crippen LogP contribution is -2.15. The van der Waals surface area contributed by atoms with Gasteiger partial charge in [-0.25, -0.2) is 0 Å². The first-order chi connectivity index (χ1) is 9.97. The lowest BCUT2D eigenvalue weighted by molar-refractivity contribution is -0.141. The Morgan fingerprint density at radius 3 is 2.43 bits per heavy atom. The molecule has 0 fully saturated rings. The van der Waals surface area contributed by atoms with Crippen LogP contribution in [0.2, 0.25) is 0 Å². The van der Waals surface area contributed by atoms with Crippen molar-refractivity contribution in [1.29, 1.82) is 0 Å². The summed E-state index contributed by atoms with van der Waals surface area (Å²) in [6, 6.07) is 10.8. The van der Waals surface area contributed by atoms with Crippen molar-refractivity contribution in [3.05, 3.63) is 53.9 Å². The van der Waals surface area contributed by atoms with Crippen LogP contribution in [0, 0.1) is 5.92 Å². The standard InChI is InChI=1S/C16H18N2O3/c1-11(16(20)21)10-12-5-7-13(8-6-12)17-15(19)14-4-3-9-18(14)2/h3-9,11H,10H2,1-2H3,(H,17,19)(H,20,21)/t11-/m0/s1. The SMILES string of the molecule is C[C@@H](Cc1ccc(NC(=O)c2cccn2C)cc1)C(=O)O. The van der Waals surface area contributed by atoms with Crippen molar-refractivity contribution in [2.24, 2.45) is 13.0 Å². The van der Waals surface area contributed by atoms with Crippen LogP contribution in [0.3, 0.4) is 0 Å². The number of nitrogens with zero attached hydrogens (tertiary/aromatic N) is 1. The number of amides is 1. The van der Waals surface area contributed by atoms with Gasteiger partial charge < -0.3 is 15.0 Å². The van der Waals surface area contributed by atoms with Crippen molar-refractivity contribution in [2.45, 2.75) is 13.3 Å². The van der Waals surface area contributed by atoms with Gasteiger partial charge in [-0.15, -0.1) is 0 Å². The number of carboxylic acid groups (broad SMARTS) is 1. The van der Waals surface area contributed by atoms with Gasteiger partial charge in [-0.1, -0.05) is 19.1 Å². The Balaban J connectivity index is 2.01. The molecule has 2 N–H and O–H groups in total. The fourth-order valence-electron chi connectivity index (χ4n) is 2.06. The smallest absolute Gasteiger partial charge is 0.306 e. The number of benzene rings is 1. The van der Waals surface area contributed by atoms with E-state index in [2.05, 4.69) is 5.32 Å². The minimum absolute atomic E-state index is 0.172. The van der Waals surface area contributed by atoms with Gasteiger partial charge in [0.15, 0.2) is 0 Å². The van der Waals surface area contributed by atoms with Crippen molar-refractivity contribution in [2.75, 3.05) is 5.32 Å². The van der Waals surface area contributed by atoms with Crippen LogP contribution in [-0.2, 0) is 18.3 Å². The second-order valence-electron chi connectivity index (χ2n) is 5.10. The second-order valence-corrected chi connectivity index (χ2v) is 5.10. The van der Waals surface area contributed by atoms with Gasteiger partial charge in [-0.3, -0.25) is 9.59 Å². The Morgan fingerprint density at radius 2 is 1.90 bits per heavy atom. The molecule has 0 bridgehead atoms. The Kier molecular flexibility index (Phi) is 4.42. The molecule has 2 aromatic rings. The number of nitrogens with one attached hydrogen (secondary N) is 1. The van der Waals surface area contributed by atoms with E-state index in [1.807, 2.05) is 31.4 Å². The molecule has 0 saturated carbocycles. The molecule has 0 radical (unpaired) electrons. The van der Waals surface area contributed by atoms with Gasteiger partial charge in [0.1, 0.15) is 5.69 Å². The number of aromatic nitrogens is 1. The highest BCUT2D eigenvalue weighted by atomic mass is 16.4. The summed E-state index contributed by atoms with van der Waals surface area (Å²) in [5.41, 5.74) is 2.20. The summed E-state index contributed by atoms with van der Waals surface area (Å²) in [4.78, 5) is 22.9. The van der Waals surface area contributed by atoms with Crippen LogP contribution < -0.4 is 5.32 Å². The van der Waals surface area contributed by atoms with Crippen molar-refractivity contribution in [3.8, 4) is 0 Å². The molecule has 0 saturated heterocycles. The normalized spacial score (nSPS) is 11.9. The van der Waals surface area contributed by atoms with Crippen LogP contribution in [0.25, 0.3) is 0 Å². The molecule has 5 nitrogen and oxygen atoms in total. The van der Waals surface area contributed by atoms with E-state index in [1.165, 1.54) is 0 Å². The Morgan fingerprint density at radius 1 is 1.24 bits per heavy atom. The zero-order chi connectivity index (χ0) is 15.4. The van der Waals surface area contributed by atoms with Crippen molar-refractivity contribution in [3.63, 3.8) is 0 Å². The zero-order valence-electron chi connectivity index (χ0n) is 12.0. The van der Waals surface area contributed by atoms with Crippen LogP contribution in [0.1, 0.15) is 23.0 Å². The number of carbonyl (C=O) groups excluding carboxylic acids is 1. The molecule has 1 atom stereocenters. The van der Waals surface area contributed by atoms with Crippen molar-refractivity contribution in [1.82, 2.24) is 4.57 Å². The van der Waals surface area contributed by atoms with Crippen molar-refractivity contribution < 1.29 is 14.7 Å². The van der Waals surface area contributed by atoms with Gasteiger partial charge in [0.25, 0.3) is 5.91 Å². The molecule has 0 unspecified atom stereocenters. The first-order valence-corrected chi connectivity index (χ1v) is 6.72. The molecule has 1 aromatic heterocycles. The van der Waals surface area contributed by atoms with E-state index in [-0.39, 0.29) is 5.91 Å². The Bertz CT molecular complexity index is 644. The molecule has 5 heteroatoms. The van der Waals surface area contributed by atoms with Crippen LogP contribution in [0.5, 0.6) is 0 Å². The maximum Gasteiger partial charge on any atom is 0.306 e. The van der Waals surface area contributed by atoms with Crippen LogP contribution >= 0.6 is 0 Å². The Labute approximate surface area is 123 Å². The molecule has 1 aromatic carbocycles. The lowest BCUT2D eigenvalue weighted by Gasteiger charge is -2.09. The number of carbonyl (C=O) groups is 2. The summed E-state index contributed by atoms with van der Waals surface area (Å²) in [5, 5.41) is 11.7. The van der Waals surface area contributed by atoms with Crippen molar-refractivity contribution >= 4 is 17.6 Å². The highest BCUT2D eigenvalue weighted by Crippen LogP contribution is 2.14. The highest BCUT2D eigenvalue weighted by molar-refractivity contribution is 6.03. The van der Waals surface area contributed by atoms with E-state index < -0.39 is 11.9 Å². The predicted molar refractivity (Wildman–Crippen MR) is 80.3 cm³/mol. The van der Waals surface area contributed by atoms with Gasteiger partial charge in [0.2, 0.25) is 0 Å². The first-order valence-electron chi connectivity index (χ1n) is 6.72. The predicted octanol–water partition coefficient (Wildman–Crippen LogP) is 2.54. The van der Waals surface area contributed by atoms with Gasteiger partial charge >= 0.3 is 5.97 Å². The molecule has 110 valence electrons. The number of rotatable bonds is 5. The Hall–Kier alpha value is -2.56. The molecule has 0 aliphatic carbocycles. The maximum atomic E-state index is 12.0. The number of hydrogen-bond donors (Lipinski definition) is 2. The van der Waals surface area contributed by atoms with Crippen LogP contribution in [-0.4, -0.2) is 21.6 Å². The third kappa shape index (κ3) is 3.72. The molecule has 21 heavy (non-hydrogen) atoms. The number of carboxylic acids is 1. The molecule has 1 amide bonds. The number of aliphatic carboxylic acids is 1. The number of aryl methyl sites for hydroxylation is 1. The van der Waals surface area contributed by atoms with Crippen LogP contribution in [0.15, 0.2) is 42.6 Å². The topological polar surface area (TPSA) is 71.3 Å². The molecular formula is C16H18N2O3. The number of anilines is 1. The highest BCUT2D eigenvalue weighted by Gasteiger charge is 2.12. The van der Waals surface area contributed by atoms with Crippen LogP contribution in [0.4, 0.5) is 5.69 Å². The van der Waals surface area contributed by atoms with E-state index >= 15 is 0 Å². The zero-order valence-corrected chi connectivity index (χ0v) is 12.0. The third-order valence-corrected chi connectivity index (χ3v) is 3.35. The monoisotopic (exact) mass is 286 g/mol. The van der Waals surface area contributed by atoms with E-state index in [0.717, 1.165) is 5.56 Å². The maximum absolute atomic E-state index is 12.0.